The molecule has 0 aliphatic carbocycles. The molecular weight excluding hydrogens is 263 g/mol. The second kappa shape index (κ2) is 6.19. The molecule has 1 rings (SSSR count). The van der Waals surface area contributed by atoms with Gasteiger partial charge in [-0.3, -0.25) is 4.79 Å². The maximum absolute atomic E-state index is 11.6. The van der Waals surface area contributed by atoms with E-state index in [1.165, 1.54) is 7.11 Å². The van der Waals surface area contributed by atoms with Gasteiger partial charge in [-0.15, -0.1) is 12.4 Å². The molecule has 0 amide bonds. The molecule has 0 saturated heterocycles. The summed E-state index contributed by atoms with van der Waals surface area (Å²) in [6.45, 7) is 3.47. The van der Waals surface area contributed by atoms with Crippen LogP contribution >= 0.6 is 24.0 Å². The summed E-state index contributed by atoms with van der Waals surface area (Å²) in [5, 5.41) is 0.395. The highest BCUT2D eigenvalue weighted by molar-refractivity contribution is 6.29. The Balaban J connectivity index is 0.00000256. The van der Waals surface area contributed by atoms with Crippen molar-refractivity contribution in [3.8, 4) is 0 Å². The number of rotatable bonds is 3. The topological polar surface area (TPSA) is 65.2 Å². The minimum atomic E-state index is -0.801. The minimum Gasteiger partial charge on any atom is -0.469 e. The van der Waals surface area contributed by atoms with E-state index in [1.54, 1.807) is 32.2 Å². The second-order valence-corrected chi connectivity index (χ2v) is 4.49. The maximum Gasteiger partial charge on any atom is 0.313 e. The molecule has 96 valence electrons. The lowest BCUT2D eigenvalue weighted by atomic mass is 9.81. The Morgan fingerprint density at radius 2 is 2.12 bits per heavy atom. The molecule has 4 nitrogen and oxygen atoms in total. The van der Waals surface area contributed by atoms with Crippen LogP contribution in [0.3, 0.4) is 0 Å². The molecule has 6 heteroatoms. The number of carbonyl (C=O) groups excluding carboxylic acids is 1. The number of hydrogen-bond donors (Lipinski definition) is 1. The average Bonchev–Trinajstić information content (AvgIpc) is 2.28. The Kier molecular flexibility index (Phi) is 5.88. The standard InChI is InChI=1S/C11H15ClN2O2.ClH/c1-11(2,10(15)16-3)9(13)7-4-5-8(12)14-6-7;/h4-6,9H,13H2,1-3H3;1H/t9-;/m1./s1. The van der Waals surface area contributed by atoms with Crippen molar-refractivity contribution in [1.29, 1.82) is 0 Å². The molecule has 0 aliphatic rings. The van der Waals surface area contributed by atoms with E-state index in [0.29, 0.717) is 5.15 Å². The van der Waals surface area contributed by atoms with Gasteiger partial charge in [0, 0.05) is 12.2 Å². The van der Waals surface area contributed by atoms with Crippen molar-refractivity contribution >= 4 is 30.0 Å². The van der Waals surface area contributed by atoms with Crippen LogP contribution in [0.1, 0.15) is 25.5 Å². The monoisotopic (exact) mass is 278 g/mol. The van der Waals surface area contributed by atoms with Crippen LogP contribution in [0.25, 0.3) is 0 Å². The Hall–Kier alpha value is -0.840. The first-order chi connectivity index (χ1) is 7.39. The summed E-state index contributed by atoms with van der Waals surface area (Å²) in [6.07, 6.45) is 1.57. The van der Waals surface area contributed by atoms with Gasteiger partial charge in [-0.1, -0.05) is 17.7 Å². The second-order valence-electron chi connectivity index (χ2n) is 4.11. The first-order valence-electron chi connectivity index (χ1n) is 4.85. The quantitative estimate of drug-likeness (QED) is 0.681. The predicted octanol–water partition coefficient (Wildman–Crippen LogP) is 2.36. The summed E-state index contributed by atoms with van der Waals surface area (Å²) >= 11 is 5.68. The van der Waals surface area contributed by atoms with Crippen molar-refractivity contribution in [1.82, 2.24) is 4.98 Å². The molecule has 2 N–H and O–H groups in total. The summed E-state index contributed by atoms with van der Waals surface area (Å²) < 4.78 is 4.72. The van der Waals surface area contributed by atoms with Gasteiger partial charge in [0.05, 0.1) is 12.5 Å². The predicted molar refractivity (Wildman–Crippen MR) is 69.2 cm³/mol. The Morgan fingerprint density at radius 3 is 2.53 bits per heavy atom. The van der Waals surface area contributed by atoms with E-state index in [2.05, 4.69) is 4.98 Å². The number of nitrogens with two attached hydrogens (primary N) is 1. The third-order valence-electron chi connectivity index (χ3n) is 2.60. The lowest BCUT2D eigenvalue weighted by Crippen LogP contribution is -2.37. The lowest BCUT2D eigenvalue weighted by molar-refractivity contribution is -0.152. The first-order valence-corrected chi connectivity index (χ1v) is 5.23. The lowest BCUT2D eigenvalue weighted by Gasteiger charge is -2.28. The van der Waals surface area contributed by atoms with Gasteiger partial charge in [0.2, 0.25) is 0 Å². The minimum absolute atomic E-state index is 0. The number of nitrogens with zero attached hydrogens (tertiary/aromatic N) is 1. The largest absolute Gasteiger partial charge is 0.469 e. The number of ether oxygens (including phenoxy) is 1. The fourth-order valence-electron chi connectivity index (χ4n) is 1.38. The fourth-order valence-corrected chi connectivity index (χ4v) is 1.49. The number of pyridine rings is 1. The highest BCUT2D eigenvalue weighted by Crippen LogP contribution is 2.32. The number of carbonyl (C=O) groups is 1. The molecule has 1 heterocycles. The average molecular weight is 279 g/mol. The van der Waals surface area contributed by atoms with E-state index < -0.39 is 11.5 Å². The van der Waals surface area contributed by atoms with Gasteiger partial charge in [0.15, 0.2) is 0 Å². The van der Waals surface area contributed by atoms with Gasteiger partial charge in [0.1, 0.15) is 5.15 Å². The van der Waals surface area contributed by atoms with Crippen molar-refractivity contribution in [2.24, 2.45) is 11.1 Å². The van der Waals surface area contributed by atoms with Gasteiger partial charge in [-0.25, -0.2) is 4.98 Å². The molecule has 1 atom stereocenters. The van der Waals surface area contributed by atoms with E-state index in [4.69, 9.17) is 22.1 Å². The normalized spacial score (nSPS) is 12.5. The maximum atomic E-state index is 11.6. The van der Waals surface area contributed by atoms with Crippen molar-refractivity contribution in [2.45, 2.75) is 19.9 Å². The Bertz CT molecular complexity index is 380. The van der Waals surface area contributed by atoms with Crippen molar-refractivity contribution in [3.05, 3.63) is 29.0 Å². The zero-order valence-corrected chi connectivity index (χ0v) is 11.5. The molecular formula is C11H16Cl2N2O2. The molecule has 0 bridgehead atoms. The van der Waals surface area contributed by atoms with Gasteiger partial charge in [-0.05, 0) is 25.5 Å². The zero-order chi connectivity index (χ0) is 12.3. The summed E-state index contributed by atoms with van der Waals surface area (Å²) in [5.74, 6) is -0.352. The van der Waals surface area contributed by atoms with Crippen LogP contribution in [-0.4, -0.2) is 18.1 Å². The van der Waals surface area contributed by atoms with E-state index >= 15 is 0 Å². The first kappa shape index (κ1) is 16.2. The zero-order valence-electron chi connectivity index (χ0n) is 9.94. The van der Waals surface area contributed by atoms with Crippen LogP contribution in [0.4, 0.5) is 0 Å². The van der Waals surface area contributed by atoms with Crippen LogP contribution in [0.2, 0.25) is 5.15 Å². The number of aromatic nitrogens is 1. The van der Waals surface area contributed by atoms with Crippen LogP contribution in [0.5, 0.6) is 0 Å². The third kappa shape index (κ3) is 3.56. The van der Waals surface area contributed by atoms with Gasteiger partial charge >= 0.3 is 5.97 Å². The van der Waals surface area contributed by atoms with E-state index in [0.717, 1.165) is 5.56 Å². The SMILES string of the molecule is COC(=O)C(C)(C)[C@H](N)c1ccc(Cl)nc1.Cl. The summed E-state index contributed by atoms with van der Waals surface area (Å²) in [7, 11) is 1.34. The van der Waals surface area contributed by atoms with Gasteiger partial charge in [0.25, 0.3) is 0 Å². The smallest absolute Gasteiger partial charge is 0.313 e. The molecule has 17 heavy (non-hydrogen) atoms. The van der Waals surface area contributed by atoms with Crippen LogP contribution in [-0.2, 0) is 9.53 Å². The van der Waals surface area contributed by atoms with E-state index in [1.807, 2.05) is 0 Å². The molecule has 0 fully saturated rings. The Labute approximate surface area is 112 Å². The molecule has 0 aromatic carbocycles. The molecule has 0 saturated carbocycles. The molecule has 0 unspecified atom stereocenters. The van der Waals surface area contributed by atoms with Crippen LogP contribution in [0.15, 0.2) is 18.3 Å². The van der Waals surface area contributed by atoms with Crippen molar-refractivity contribution < 1.29 is 9.53 Å². The third-order valence-corrected chi connectivity index (χ3v) is 2.82. The van der Waals surface area contributed by atoms with Crippen LogP contribution < -0.4 is 5.73 Å². The molecule has 0 spiro atoms. The summed E-state index contributed by atoms with van der Waals surface area (Å²) in [5.41, 5.74) is 5.96. The summed E-state index contributed by atoms with van der Waals surface area (Å²) in [6, 6.07) is 2.92. The highest BCUT2D eigenvalue weighted by Gasteiger charge is 2.36. The number of methoxy groups -OCH3 is 1. The van der Waals surface area contributed by atoms with Crippen LogP contribution in [0, 0.1) is 5.41 Å². The highest BCUT2D eigenvalue weighted by atomic mass is 35.5. The number of hydrogen-bond acceptors (Lipinski definition) is 4. The van der Waals surface area contributed by atoms with Crippen molar-refractivity contribution in [3.63, 3.8) is 0 Å². The molecule has 0 aliphatic heterocycles. The van der Waals surface area contributed by atoms with Gasteiger partial charge < -0.3 is 10.5 Å². The molecule has 0 radical (unpaired) electrons. The molecule has 1 aromatic heterocycles. The molecule has 1 aromatic rings. The van der Waals surface area contributed by atoms with Crippen molar-refractivity contribution in [2.75, 3.05) is 7.11 Å². The number of esters is 1. The summed E-state index contributed by atoms with van der Waals surface area (Å²) in [4.78, 5) is 15.5. The van der Waals surface area contributed by atoms with E-state index in [-0.39, 0.29) is 18.4 Å². The fraction of sp³-hybridized carbons (Fsp3) is 0.455. The Morgan fingerprint density at radius 1 is 1.53 bits per heavy atom. The van der Waals surface area contributed by atoms with Gasteiger partial charge in [-0.2, -0.15) is 0 Å². The van der Waals surface area contributed by atoms with E-state index in [9.17, 15) is 4.79 Å². The number of halogens is 2.